The number of rotatable bonds is 4. The van der Waals surface area contributed by atoms with Gasteiger partial charge in [-0.3, -0.25) is 4.79 Å². The molecule has 0 fully saturated rings. The van der Waals surface area contributed by atoms with Crippen molar-refractivity contribution in [3.8, 4) is 17.2 Å². The first-order valence-electron chi connectivity index (χ1n) is 8.12. The van der Waals surface area contributed by atoms with E-state index < -0.39 is 5.97 Å². The highest BCUT2D eigenvalue weighted by molar-refractivity contribution is 6.14. The van der Waals surface area contributed by atoms with Crippen LogP contribution >= 0.6 is 0 Å². The molecule has 27 heavy (non-hydrogen) atoms. The molecule has 0 unspecified atom stereocenters. The zero-order valence-corrected chi connectivity index (χ0v) is 14.3. The molecule has 0 bridgehead atoms. The number of hydrogen-bond acceptors (Lipinski definition) is 6. The number of benzene rings is 2. The normalized spacial score (nSPS) is 14.0. The summed E-state index contributed by atoms with van der Waals surface area (Å²) in [6, 6.07) is 14.7. The van der Waals surface area contributed by atoms with E-state index in [0.29, 0.717) is 28.4 Å². The fourth-order valence-electron chi connectivity index (χ4n) is 2.65. The minimum absolute atomic E-state index is 0.149. The third-order valence-corrected chi connectivity index (χ3v) is 3.97. The Bertz CT molecular complexity index is 1050. The lowest BCUT2D eigenvalue weighted by Crippen LogP contribution is -2.08. The second-order valence-electron chi connectivity index (χ2n) is 5.73. The zero-order chi connectivity index (χ0) is 18.8. The van der Waals surface area contributed by atoms with Crippen LogP contribution in [0.5, 0.6) is 17.2 Å². The Morgan fingerprint density at radius 1 is 1.04 bits per heavy atom. The van der Waals surface area contributed by atoms with Crippen LogP contribution in [-0.4, -0.2) is 18.9 Å². The van der Waals surface area contributed by atoms with Crippen molar-refractivity contribution in [2.45, 2.75) is 0 Å². The lowest BCUT2D eigenvalue weighted by molar-refractivity contribution is 0.0734. The van der Waals surface area contributed by atoms with Crippen molar-refractivity contribution in [2.24, 2.45) is 0 Å². The van der Waals surface area contributed by atoms with Crippen LogP contribution in [-0.2, 0) is 0 Å². The third kappa shape index (κ3) is 3.32. The van der Waals surface area contributed by atoms with Gasteiger partial charge >= 0.3 is 5.97 Å². The molecule has 0 amide bonds. The first-order valence-corrected chi connectivity index (χ1v) is 8.12. The summed E-state index contributed by atoms with van der Waals surface area (Å²) in [6.07, 6.45) is 3.03. The van der Waals surface area contributed by atoms with Crippen LogP contribution in [0.1, 0.15) is 26.5 Å². The molecule has 0 saturated carbocycles. The van der Waals surface area contributed by atoms with Crippen molar-refractivity contribution in [3.05, 3.63) is 83.5 Å². The van der Waals surface area contributed by atoms with E-state index in [-0.39, 0.29) is 17.3 Å². The highest BCUT2D eigenvalue weighted by Gasteiger charge is 2.28. The molecule has 0 atom stereocenters. The van der Waals surface area contributed by atoms with E-state index in [1.807, 2.05) is 0 Å². The van der Waals surface area contributed by atoms with E-state index in [9.17, 15) is 9.59 Å². The smallest absolute Gasteiger partial charge is 0.343 e. The maximum atomic E-state index is 12.4. The molecule has 0 radical (unpaired) electrons. The minimum atomic E-state index is -0.537. The van der Waals surface area contributed by atoms with Crippen molar-refractivity contribution < 1.29 is 28.2 Å². The number of hydrogen-bond donors (Lipinski definition) is 0. The second kappa shape index (κ2) is 6.84. The number of fused-ring (bicyclic) bond motifs is 1. The predicted molar refractivity (Wildman–Crippen MR) is 96.0 cm³/mol. The molecule has 1 aromatic heterocycles. The van der Waals surface area contributed by atoms with Gasteiger partial charge in [0.15, 0.2) is 5.76 Å². The number of furan rings is 1. The monoisotopic (exact) mass is 362 g/mol. The van der Waals surface area contributed by atoms with Crippen LogP contribution in [0.2, 0.25) is 0 Å². The molecule has 2 heterocycles. The summed E-state index contributed by atoms with van der Waals surface area (Å²) in [4.78, 5) is 24.7. The maximum Gasteiger partial charge on any atom is 0.343 e. The fourth-order valence-corrected chi connectivity index (χ4v) is 2.65. The number of allylic oxidation sites excluding steroid dienone is 1. The topological polar surface area (TPSA) is 75.0 Å². The van der Waals surface area contributed by atoms with E-state index >= 15 is 0 Å². The largest absolute Gasteiger partial charge is 0.497 e. The highest BCUT2D eigenvalue weighted by Crippen LogP contribution is 2.35. The van der Waals surface area contributed by atoms with E-state index in [2.05, 4.69) is 0 Å². The van der Waals surface area contributed by atoms with Crippen LogP contribution in [0, 0.1) is 0 Å². The zero-order valence-electron chi connectivity index (χ0n) is 14.3. The lowest BCUT2D eigenvalue weighted by Gasteiger charge is -2.07. The van der Waals surface area contributed by atoms with Crippen molar-refractivity contribution in [2.75, 3.05) is 7.11 Å². The van der Waals surface area contributed by atoms with Crippen LogP contribution < -0.4 is 14.2 Å². The summed E-state index contributed by atoms with van der Waals surface area (Å²) in [7, 11) is 1.52. The molecule has 4 rings (SSSR count). The number of Topliss-reactive ketones (excluding diaryl/α,β-unsaturated/α-hetero) is 1. The quantitative estimate of drug-likeness (QED) is 0.395. The SMILES string of the molecule is COc1cccc(C(=O)Oc2ccc3c(c2)O/C(=C\c2ccco2)C3=O)c1. The van der Waals surface area contributed by atoms with Gasteiger partial charge in [-0.2, -0.15) is 0 Å². The van der Waals surface area contributed by atoms with Crippen molar-refractivity contribution >= 4 is 17.8 Å². The Morgan fingerprint density at radius 3 is 2.70 bits per heavy atom. The maximum absolute atomic E-state index is 12.4. The van der Waals surface area contributed by atoms with Crippen molar-refractivity contribution in [3.63, 3.8) is 0 Å². The predicted octanol–water partition coefficient (Wildman–Crippen LogP) is 4.12. The minimum Gasteiger partial charge on any atom is -0.497 e. The van der Waals surface area contributed by atoms with Crippen LogP contribution in [0.15, 0.2) is 71.0 Å². The number of carbonyl (C=O) groups is 2. The number of ether oxygens (including phenoxy) is 3. The Morgan fingerprint density at radius 2 is 1.93 bits per heavy atom. The van der Waals surface area contributed by atoms with Gasteiger partial charge in [-0.1, -0.05) is 6.07 Å². The average Bonchev–Trinajstić information content (AvgIpc) is 3.30. The highest BCUT2D eigenvalue weighted by atomic mass is 16.5. The van der Waals surface area contributed by atoms with Crippen molar-refractivity contribution in [1.82, 2.24) is 0 Å². The number of methoxy groups -OCH3 is 1. The molecule has 0 saturated heterocycles. The first kappa shape index (κ1) is 16.7. The van der Waals surface area contributed by atoms with Crippen LogP contribution in [0.4, 0.5) is 0 Å². The summed E-state index contributed by atoms with van der Waals surface area (Å²) in [6.45, 7) is 0. The molecule has 6 heteroatoms. The van der Waals surface area contributed by atoms with Gasteiger partial charge < -0.3 is 18.6 Å². The third-order valence-electron chi connectivity index (χ3n) is 3.97. The fraction of sp³-hybridized carbons (Fsp3) is 0.0476. The van der Waals surface area contributed by atoms with Crippen LogP contribution in [0.25, 0.3) is 6.08 Å². The van der Waals surface area contributed by atoms with E-state index in [0.717, 1.165) is 0 Å². The molecule has 2 aromatic carbocycles. The molecule has 6 nitrogen and oxygen atoms in total. The second-order valence-corrected chi connectivity index (χ2v) is 5.73. The van der Waals surface area contributed by atoms with E-state index in [1.165, 1.54) is 25.5 Å². The Balaban J connectivity index is 1.55. The van der Waals surface area contributed by atoms with Crippen molar-refractivity contribution in [1.29, 1.82) is 0 Å². The molecule has 0 aliphatic carbocycles. The molecule has 0 spiro atoms. The van der Waals surface area contributed by atoms with Gasteiger partial charge in [0, 0.05) is 12.1 Å². The van der Waals surface area contributed by atoms with Gasteiger partial charge in [0.05, 0.1) is 24.5 Å². The number of carbonyl (C=O) groups excluding carboxylic acids is 2. The molecule has 3 aromatic rings. The number of esters is 1. The molecule has 1 aliphatic heterocycles. The summed E-state index contributed by atoms with van der Waals surface area (Å²) < 4.78 is 21.3. The van der Waals surface area contributed by atoms with Gasteiger partial charge in [-0.05, 0) is 42.5 Å². The summed E-state index contributed by atoms with van der Waals surface area (Å²) >= 11 is 0. The Labute approximate surface area is 154 Å². The van der Waals surface area contributed by atoms with E-state index in [1.54, 1.807) is 48.5 Å². The summed E-state index contributed by atoms with van der Waals surface area (Å²) in [5.41, 5.74) is 0.749. The van der Waals surface area contributed by atoms with Gasteiger partial charge in [0.2, 0.25) is 5.78 Å². The summed E-state index contributed by atoms with van der Waals surface area (Å²) in [5, 5.41) is 0. The Hall–Kier alpha value is -3.80. The van der Waals surface area contributed by atoms with Gasteiger partial charge in [0.1, 0.15) is 23.0 Å². The molecular formula is C21H14O6. The average molecular weight is 362 g/mol. The summed E-state index contributed by atoms with van der Waals surface area (Å²) in [5.74, 6) is 1.02. The molecule has 0 N–H and O–H groups in total. The first-order chi connectivity index (χ1) is 13.1. The van der Waals surface area contributed by atoms with Gasteiger partial charge in [-0.25, -0.2) is 4.79 Å². The Kier molecular flexibility index (Phi) is 4.22. The molecule has 1 aliphatic rings. The van der Waals surface area contributed by atoms with Crippen LogP contribution in [0.3, 0.4) is 0 Å². The van der Waals surface area contributed by atoms with Gasteiger partial charge in [-0.15, -0.1) is 0 Å². The van der Waals surface area contributed by atoms with E-state index in [4.69, 9.17) is 18.6 Å². The standard InChI is InChI=1S/C21H14O6/c1-24-14-5-2-4-13(10-14)21(23)26-16-7-8-17-18(12-16)27-19(20(17)22)11-15-6-3-9-25-15/h2-12H,1H3/b19-11-. The molecular weight excluding hydrogens is 348 g/mol. The lowest BCUT2D eigenvalue weighted by atomic mass is 10.1. The molecule has 134 valence electrons. The number of ketones is 1. The van der Waals surface area contributed by atoms with Gasteiger partial charge in [0.25, 0.3) is 0 Å².